The quantitative estimate of drug-likeness (QED) is 0.558. The molecular weight excluding hydrogens is 132 g/mol. The molecule has 0 N–H and O–H groups in total. The molecule has 0 rings (SSSR count). The van der Waals surface area contributed by atoms with Crippen molar-refractivity contribution in [1.29, 1.82) is 0 Å². The molecule has 3 heteroatoms. The van der Waals surface area contributed by atoms with Crippen molar-refractivity contribution in [2.45, 2.75) is 27.2 Å². The van der Waals surface area contributed by atoms with Crippen molar-refractivity contribution >= 4 is 6.16 Å². The molecule has 0 fully saturated rings. The highest BCUT2D eigenvalue weighted by Gasteiger charge is 2.10. The lowest BCUT2D eigenvalue weighted by Gasteiger charge is -2.16. The van der Waals surface area contributed by atoms with Crippen LogP contribution in [0.25, 0.3) is 0 Å². The molecule has 0 atom stereocenters. The van der Waals surface area contributed by atoms with Gasteiger partial charge in [0.15, 0.2) is 0 Å². The maximum absolute atomic E-state index is 9.75. The lowest BCUT2D eigenvalue weighted by Crippen LogP contribution is -2.11. The van der Waals surface area contributed by atoms with E-state index in [2.05, 4.69) is 4.74 Å². The monoisotopic (exact) mass is 145 g/mol. The van der Waals surface area contributed by atoms with Crippen LogP contribution in [0, 0.1) is 5.41 Å². The van der Waals surface area contributed by atoms with E-state index in [9.17, 15) is 9.90 Å². The Hall–Kier alpha value is -0.730. The number of carbonyl (C=O) groups is 1. The van der Waals surface area contributed by atoms with E-state index in [4.69, 9.17) is 0 Å². The zero-order chi connectivity index (χ0) is 8.20. The van der Waals surface area contributed by atoms with Gasteiger partial charge in [-0.15, -0.1) is 0 Å². The molecule has 0 aliphatic carbocycles. The zero-order valence-corrected chi connectivity index (χ0v) is 6.64. The molecule has 0 spiro atoms. The lowest BCUT2D eigenvalue weighted by molar-refractivity contribution is 0.0598. The molecule has 0 amide bonds. The van der Waals surface area contributed by atoms with Gasteiger partial charge in [0.2, 0.25) is 0 Å². The lowest BCUT2D eigenvalue weighted by atomic mass is 9.93. The van der Waals surface area contributed by atoms with Gasteiger partial charge in [-0.25, -0.2) is 0 Å². The van der Waals surface area contributed by atoms with Gasteiger partial charge in [0.1, 0.15) is 0 Å². The molecule has 1 radical (unpaired) electrons. The second kappa shape index (κ2) is 3.44. The van der Waals surface area contributed by atoms with Crippen LogP contribution in [0.2, 0.25) is 0 Å². The van der Waals surface area contributed by atoms with Gasteiger partial charge in [-0.05, 0) is 11.8 Å². The van der Waals surface area contributed by atoms with E-state index in [0.717, 1.165) is 6.42 Å². The Morgan fingerprint density at radius 1 is 1.40 bits per heavy atom. The van der Waals surface area contributed by atoms with Crippen LogP contribution in [0.4, 0.5) is 4.79 Å². The summed E-state index contributed by atoms with van der Waals surface area (Å²) in [7, 11) is 0. The topological polar surface area (TPSA) is 46.2 Å². The number of hydrogen-bond acceptors (Lipinski definition) is 2. The van der Waals surface area contributed by atoms with Crippen molar-refractivity contribution in [3.05, 3.63) is 0 Å². The van der Waals surface area contributed by atoms with E-state index in [1.165, 1.54) is 0 Å². The highest BCUT2D eigenvalue weighted by molar-refractivity contribution is 5.56. The molecule has 59 valence electrons. The molecule has 10 heavy (non-hydrogen) atoms. The summed E-state index contributed by atoms with van der Waals surface area (Å²) in [6, 6.07) is 0. The molecule has 0 unspecified atom stereocenters. The van der Waals surface area contributed by atoms with Gasteiger partial charge >= 0.3 is 6.16 Å². The van der Waals surface area contributed by atoms with Crippen LogP contribution < -0.4 is 0 Å². The number of carbonyl (C=O) groups excluding carboxylic acids is 1. The average molecular weight is 145 g/mol. The molecule has 0 aromatic rings. The Kier molecular flexibility index (Phi) is 3.19. The fraction of sp³-hybridized carbons (Fsp3) is 0.857. The van der Waals surface area contributed by atoms with E-state index >= 15 is 0 Å². The third kappa shape index (κ3) is 7.27. The van der Waals surface area contributed by atoms with Gasteiger partial charge in [0.25, 0.3) is 0 Å². The minimum atomic E-state index is -1.44. The first-order valence-corrected chi connectivity index (χ1v) is 3.25. The highest BCUT2D eigenvalue weighted by atomic mass is 16.7. The third-order valence-electron chi connectivity index (χ3n) is 1.07. The molecule has 0 saturated heterocycles. The van der Waals surface area contributed by atoms with Gasteiger partial charge in [0.05, 0.1) is 6.61 Å². The molecule has 0 aromatic heterocycles. The Morgan fingerprint density at radius 2 is 1.90 bits per heavy atom. The summed E-state index contributed by atoms with van der Waals surface area (Å²) >= 11 is 0. The van der Waals surface area contributed by atoms with E-state index in [-0.39, 0.29) is 12.0 Å². The van der Waals surface area contributed by atoms with Crippen LogP contribution in [-0.4, -0.2) is 12.8 Å². The first kappa shape index (κ1) is 9.27. The summed E-state index contributed by atoms with van der Waals surface area (Å²) in [4.78, 5) is 9.75. The van der Waals surface area contributed by atoms with Crippen molar-refractivity contribution in [3.63, 3.8) is 0 Å². The Bertz CT molecular complexity index is 113. The fourth-order valence-corrected chi connectivity index (χ4v) is 0.441. The zero-order valence-electron chi connectivity index (χ0n) is 6.64. The molecule has 0 aromatic carbocycles. The predicted octanol–water partition coefficient (Wildman–Crippen LogP) is 1.99. The first-order valence-electron chi connectivity index (χ1n) is 3.25. The number of rotatable bonds is 2. The fourth-order valence-electron chi connectivity index (χ4n) is 0.441. The Morgan fingerprint density at radius 3 is 2.20 bits per heavy atom. The normalized spacial score (nSPS) is 11.1. The molecule has 0 saturated carbocycles. The minimum Gasteiger partial charge on any atom is -0.432 e. The van der Waals surface area contributed by atoms with Gasteiger partial charge in [-0.1, -0.05) is 20.8 Å². The highest BCUT2D eigenvalue weighted by Crippen LogP contribution is 2.17. The smallest absolute Gasteiger partial charge is 0.432 e. The van der Waals surface area contributed by atoms with Crippen molar-refractivity contribution < 1.29 is 14.6 Å². The molecule has 0 aliphatic rings. The average Bonchev–Trinajstić information content (AvgIpc) is 1.59. The molecule has 0 aliphatic heterocycles. The van der Waals surface area contributed by atoms with E-state index < -0.39 is 6.16 Å². The van der Waals surface area contributed by atoms with Crippen molar-refractivity contribution in [3.8, 4) is 0 Å². The summed E-state index contributed by atoms with van der Waals surface area (Å²) in [5.74, 6) is 0. The van der Waals surface area contributed by atoms with Gasteiger partial charge in [0, 0.05) is 0 Å². The van der Waals surface area contributed by atoms with E-state index in [0.29, 0.717) is 0 Å². The summed E-state index contributed by atoms with van der Waals surface area (Å²) < 4.78 is 4.22. The maximum atomic E-state index is 9.75. The molecule has 3 nitrogen and oxygen atoms in total. The second-order valence-electron chi connectivity index (χ2n) is 3.41. The van der Waals surface area contributed by atoms with Gasteiger partial charge in [-0.3, -0.25) is 0 Å². The van der Waals surface area contributed by atoms with Crippen molar-refractivity contribution in [2.24, 2.45) is 5.41 Å². The summed E-state index contributed by atoms with van der Waals surface area (Å²) in [6.07, 6.45) is -0.717. The van der Waals surface area contributed by atoms with E-state index in [1.807, 2.05) is 20.8 Å². The van der Waals surface area contributed by atoms with Crippen LogP contribution >= 0.6 is 0 Å². The molecular formula is C7H13O3. The Labute approximate surface area is 61.0 Å². The van der Waals surface area contributed by atoms with Crippen LogP contribution in [-0.2, 0) is 9.84 Å². The number of ether oxygens (including phenoxy) is 1. The first-order chi connectivity index (χ1) is 4.42. The van der Waals surface area contributed by atoms with Crippen molar-refractivity contribution in [1.82, 2.24) is 0 Å². The maximum Gasteiger partial charge on any atom is 0.549 e. The SMILES string of the molecule is CC(C)(C)CCOC([O])=O. The molecule has 0 heterocycles. The summed E-state index contributed by atoms with van der Waals surface area (Å²) in [5, 5.41) is 9.75. The van der Waals surface area contributed by atoms with Crippen molar-refractivity contribution in [2.75, 3.05) is 6.61 Å². The largest absolute Gasteiger partial charge is 0.549 e. The summed E-state index contributed by atoms with van der Waals surface area (Å²) in [5.41, 5.74) is 0.120. The van der Waals surface area contributed by atoms with Crippen LogP contribution in [0.1, 0.15) is 27.2 Å². The van der Waals surface area contributed by atoms with Gasteiger partial charge in [-0.2, -0.15) is 9.90 Å². The third-order valence-corrected chi connectivity index (χ3v) is 1.07. The summed E-state index contributed by atoms with van der Waals surface area (Å²) in [6.45, 7) is 6.29. The standard InChI is InChI=1S/C7H13O3/c1-7(2,3)4-5-10-6(8)9/h4-5H2,1-3H3. The van der Waals surface area contributed by atoms with Gasteiger partial charge < -0.3 is 4.74 Å². The van der Waals surface area contributed by atoms with E-state index in [1.54, 1.807) is 0 Å². The Balaban J connectivity index is 3.29. The second-order valence-corrected chi connectivity index (χ2v) is 3.41. The predicted molar refractivity (Wildman–Crippen MR) is 36.1 cm³/mol. The minimum absolute atomic E-state index is 0.120. The van der Waals surface area contributed by atoms with Crippen LogP contribution in [0.15, 0.2) is 0 Å². The van der Waals surface area contributed by atoms with Crippen LogP contribution in [0.3, 0.4) is 0 Å². The number of hydrogen-bond donors (Lipinski definition) is 0. The van der Waals surface area contributed by atoms with Crippen LogP contribution in [0.5, 0.6) is 0 Å². The molecule has 0 bridgehead atoms.